The number of carbonyl (C=O) groups excluding carboxylic acids is 1. The van der Waals surface area contributed by atoms with Crippen molar-refractivity contribution >= 4 is 42.1 Å². The van der Waals surface area contributed by atoms with Crippen LogP contribution in [0.2, 0.25) is 0 Å². The van der Waals surface area contributed by atoms with Gasteiger partial charge in [0.15, 0.2) is 0 Å². The molecule has 0 aliphatic rings. The number of esters is 1. The van der Waals surface area contributed by atoms with Gasteiger partial charge < -0.3 is 10.5 Å². The van der Waals surface area contributed by atoms with Gasteiger partial charge in [0.05, 0.1) is 25.1 Å². The van der Waals surface area contributed by atoms with E-state index in [2.05, 4.69) is 9.72 Å². The lowest BCUT2D eigenvalue weighted by Gasteiger charge is -2.05. The van der Waals surface area contributed by atoms with Crippen molar-refractivity contribution in [2.24, 2.45) is 5.73 Å². The fraction of sp³-hybridized carbons (Fsp3) is 0.429. The Balaban J connectivity index is 0. The monoisotopic (exact) mass is 258 g/mol. The minimum atomic E-state index is -0.295. The highest BCUT2D eigenvalue weighted by Crippen LogP contribution is 2.17. The Morgan fingerprint density at radius 2 is 2.36 bits per heavy atom. The van der Waals surface area contributed by atoms with Gasteiger partial charge in [-0.1, -0.05) is 0 Å². The highest BCUT2D eigenvalue weighted by atomic mass is 35.5. The molecule has 0 aliphatic heterocycles. The normalized spacial score (nSPS) is 10.7. The van der Waals surface area contributed by atoms with Crippen LogP contribution < -0.4 is 5.73 Å². The fourth-order valence-corrected chi connectivity index (χ4v) is 1.40. The second-order valence-electron chi connectivity index (χ2n) is 2.29. The van der Waals surface area contributed by atoms with E-state index in [1.165, 1.54) is 18.4 Å². The number of hydrogen-bond donors (Lipinski definition) is 1. The number of carbonyl (C=O) groups is 1. The molecule has 1 rings (SSSR count). The van der Waals surface area contributed by atoms with Crippen molar-refractivity contribution in [3.05, 3.63) is 16.6 Å². The molecule has 0 radical (unpaired) electrons. The molecule has 14 heavy (non-hydrogen) atoms. The third-order valence-corrected chi connectivity index (χ3v) is 2.34. The van der Waals surface area contributed by atoms with Crippen LogP contribution in [0, 0.1) is 0 Å². The van der Waals surface area contributed by atoms with E-state index in [0.29, 0.717) is 0 Å². The van der Waals surface area contributed by atoms with Crippen LogP contribution in [0.3, 0.4) is 0 Å². The topological polar surface area (TPSA) is 65.2 Å². The lowest BCUT2D eigenvalue weighted by molar-refractivity contribution is -0.141. The number of rotatable bonds is 3. The molecule has 0 bridgehead atoms. The number of hydrogen-bond acceptors (Lipinski definition) is 5. The smallest absolute Gasteiger partial charge is 0.307 e. The molecule has 0 saturated carbocycles. The van der Waals surface area contributed by atoms with Gasteiger partial charge in [0.2, 0.25) is 0 Å². The maximum Gasteiger partial charge on any atom is 0.307 e. The Morgan fingerprint density at radius 1 is 1.71 bits per heavy atom. The molecule has 0 aliphatic carbocycles. The molecule has 0 spiro atoms. The molecule has 1 heterocycles. The molecule has 1 aromatic heterocycles. The van der Waals surface area contributed by atoms with E-state index in [9.17, 15) is 4.79 Å². The maximum absolute atomic E-state index is 10.8. The lowest BCUT2D eigenvalue weighted by Crippen LogP contribution is -2.15. The van der Waals surface area contributed by atoms with Gasteiger partial charge >= 0.3 is 5.97 Å². The van der Waals surface area contributed by atoms with Crippen LogP contribution in [-0.2, 0) is 9.53 Å². The summed E-state index contributed by atoms with van der Waals surface area (Å²) in [5.41, 5.74) is 7.37. The minimum Gasteiger partial charge on any atom is -0.469 e. The number of methoxy groups -OCH3 is 1. The van der Waals surface area contributed by atoms with Crippen molar-refractivity contribution in [2.75, 3.05) is 7.11 Å². The Labute approximate surface area is 98.7 Å². The van der Waals surface area contributed by atoms with E-state index in [1.54, 1.807) is 11.7 Å². The van der Waals surface area contributed by atoms with Gasteiger partial charge in [0, 0.05) is 11.1 Å². The van der Waals surface area contributed by atoms with Crippen LogP contribution in [0.15, 0.2) is 11.7 Å². The average molecular weight is 259 g/mol. The summed E-state index contributed by atoms with van der Waals surface area (Å²) >= 11 is 1.44. The predicted molar refractivity (Wildman–Crippen MR) is 60.2 cm³/mol. The standard InChI is InChI=1S/C7H10N2O2S.2ClH/c1-11-7(10)2-5(8)6-3-9-4-12-6;;/h3-5H,2,8H2,1H3;2*1H. The Bertz CT molecular complexity index is 256. The lowest BCUT2D eigenvalue weighted by atomic mass is 10.2. The molecule has 0 saturated heterocycles. The number of ether oxygens (including phenoxy) is 1. The molecule has 4 nitrogen and oxygen atoms in total. The van der Waals surface area contributed by atoms with Crippen LogP contribution in [0.1, 0.15) is 17.3 Å². The first-order valence-electron chi connectivity index (χ1n) is 3.45. The fourth-order valence-electron chi connectivity index (χ4n) is 0.772. The zero-order valence-electron chi connectivity index (χ0n) is 7.50. The molecule has 1 aromatic rings. The highest BCUT2D eigenvalue weighted by Gasteiger charge is 2.12. The molecular weight excluding hydrogens is 247 g/mol. The van der Waals surface area contributed by atoms with E-state index in [4.69, 9.17) is 5.73 Å². The summed E-state index contributed by atoms with van der Waals surface area (Å²) in [5.74, 6) is -0.295. The van der Waals surface area contributed by atoms with Gasteiger partial charge in [-0.05, 0) is 0 Å². The summed E-state index contributed by atoms with van der Waals surface area (Å²) in [6.07, 6.45) is 1.87. The van der Waals surface area contributed by atoms with E-state index in [0.717, 1.165) is 4.88 Å². The maximum atomic E-state index is 10.8. The third-order valence-electron chi connectivity index (χ3n) is 1.43. The molecule has 0 aromatic carbocycles. The second-order valence-corrected chi connectivity index (χ2v) is 3.21. The van der Waals surface area contributed by atoms with Crippen LogP contribution >= 0.6 is 36.2 Å². The highest BCUT2D eigenvalue weighted by molar-refractivity contribution is 7.09. The van der Waals surface area contributed by atoms with Gasteiger partial charge in [-0.25, -0.2) is 0 Å². The van der Waals surface area contributed by atoms with Crippen molar-refractivity contribution in [2.45, 2.75) is 12.5 Å². The first-order valence-corrected chi connectivity index (χ1v) is 4.32. The number of nitrogens with zero attached hydrogens (tertiary/aromatic N) is 1. The van der Waals surface area contributed by atoms with Gasteiger partial charge in [-0.15, -0.1) is 36.2 Å². The van der Waals surface area contributed by atoms with Gasteiger partial charge in [-0.3, -0.25) is 9.78 Å². The Morgan fingerprint density at radius 3 is 2.79 bits per heavy atom. The van der Waals surface area contributed by atoms with Crippen molar-refractivity contribution in [3.8, 4) is 0 Å². The van der Waals surface area contributed by atoms with Crippen molar-refractivity contribution in [1.82, 2.24) is 4.98 Å². The Kier molecular flexibility index (Phi) is 9.18. The number of halogens is 2. The zero-order chi connectivity index (χ0) is 8.97. The van der Waals surface area contributed by atoms with Crippen LogP contribution in [0.4, 0.5) is 0 Å². The van der Waals surface area contributed by atoms with Gasteiger partial charge in [0.25, 0.3) is 0 Å². The van der Waals surface area contributed by atoms with Crippen LogP contribution in [-0.4, -0.2) is 18.1 Å². The van der Waals surface area contributed by atoms with Crippen LogP contribution in [0.5, 0.6) is 0 Å². The van der Waals surface area contributed by atoms with Crippen molar-refractivity contribution < 1.29 is 9.53 Å². The first-order chi connectivity index (χ1) is 5.74. The summed E-state index contributed by atoms with van der Waals surface area (Å²) in [7, 11) is 1.35. The summed E-state index contributed by atoms with van der Waals surface area (Å²) in [5, 5.41) is 0. The molecule has 1 unspecified atom stereocenters. The van der Waals surface area contributed by atoms with Gasteiger partial charge in [-0.2, -0.15) is 0 Å². The van der Waals surface area contributed by atoms with E-state index in [1.807, 2.05) is 0 Å². The molecular formula is C7H12Cl2N2O2S. The molecule has 82 valence electrons. The summed E-state index contributed by atoms with van der Waals surface area (Å²) < 4.78 is 4.48. The minimum absolute atomic E-state index is 0. The largest absolute Gasteiger partial charge is 0.469 e. The van der Waals surface area contributed by atoms with Crippen LogP contribution in [0.25, 0.3) is 0 Å². The molecule has 0 amide bonds. The first kappa shape index (κ1) is 16.1. The predicted octanol–water partition coefficient (Wildman–Crippen LogP) is 1.55. The SMILES string of the molecule is COC(=O)CC(N)c1cncs1.Cl.Cl. The van der Waals surface area contributed by atoms with Crippen molar-refractivity contribution in [3.63, 3.8) is 0 Å². The second kappa shape index (κ2) is 7.99. The summed E-state index contributed by atoms with van der Waals surface area (Å²) in [6.45, 7) is 0. The Hall–Kier alpha value is -0.360. The van der Waals surface area contributed by atoms with Gasteiger partial charge in [0.1, 0.15) is 0 Å². The molecule has 1 atom stereocenters. The number of aromatic nitrogens is 1. The third kappa shape index (κ3) is 4.76. The average Bonchev–Trinajstić information content (AvgIpc) is 2.56. The quantitative estimate of drug-likeness (QED) is 0.836. The zero-order valence-corrected chi connectivity index (χ0v) is 9.95. The van der Waals surface area contributed by atoms with E-state index < -0.39 is 0 Å². The van der Waals surface area contributed by atoms with E-state index >= 15 is 0 Å². The van der Waals surface area contributed by atoms with Crippen molar-refractivity contribution in [1.29, 1.82) is 0 Å². The molecule has 2 N–H and O–H groups in total. The number of nitrogens with two attached hydrogens (primary N) is 1. The van der Waals surface area contributed by atoms with E-state index in [-0.39, 0.29) is 43.2 Å². The summed E-state index contributed by atoms with van der Waals surface area (Å²) in [4.78, 5) is 15.6. The molecule has 0 fully saturated rings. The molecule has 7 heteroatoms. The summed E-state index contributed by atoms with van der Waals surface area (Å²) in [6, 6.07) is -0.287. The number of thiazole rings is 1.